The normalized spacial score (nSPS) is 12.2. The van der Waals surface area contributed by atoms with E-state index in [1.54, 1.807) is 13.3 Å². The van der Waals surface area contributed by atoms with Gasteiger partial charge in [-0.05, 0) is 19.1 Å². The molecule has 0 radical (unpaired) electrons. The topological polar surface area (TPSA) is 62.3 Å². The molecule has 0 aliphatic carbocycles. The molecule has 0 fully saturated rings. The molecule has 0 aliphatic rings. The van der Waals surface area contributed by atoms with E-state index in [2.05, 4.69) is 5.10 Å². The van der Waals surface area contributed by atoms with Crippen LogP contribution in [0.25, 0.3) is 0 Å². The van der Waals surface area contributed by atoms with Gasteiger partial charge in [-0.25, -0.2) is 0 Å². The van der Waals surface area contributed by atoms with Crippen LogP contribution in [-0.2, 0) is 6.54 Å². The van der Waals surface area contributed by atoms with Gasteiger partial charge in [0.05, 0.1) is 13.7 Å². The minimum atomic E-state index is -0.0781. The van der Waals surface area contributed by atoms with Crippen molar-refractivity contribution in [2.45, 2.75) is 19.5 Å². The number of nitrogens with zero attached hydrogens (tertiary/aromatic N) is 2. The number of rotatable bonds is 6. The number of hydrogen-bond acceptors (Lipinski definition) is 4. The van der Waals surface area contributed by atoms with Crippen molar-refractivity contribution in [2.24, 2.45) is 5.73 Å². The molecule has 102 valence electrons. The van der Waals surface area contributed by atoms with E-state index in [-0.39, 0.29) is 6.04 Å². The molecule has 0 amide bonds. The molecule has 0 aliphatic heterocycles. The molecule has 1 aromatic heterocycles. The third-order valence-electron chi connectivity index (χ3n) is 2.85. The Hall–Kier alpha value is -2.01. The molecule has 0 spiro atoms. The summed E-state index contributed by atoms with van der Waals surface area (Å²) in [5.74, 6) is 1.53. The van der Waals surface area contributed by atoms with Crippen molar-refractivity contribution < 1.29 is 9.47 Å². The van der Waals surface area contributed by atoms with Gasteiger partial charge in [0.1, 0.15) is 18.1 Å². The predicted octanol–water partition coefficient (Wildman–Crippen LogP) is 1.99. The average Bonchev–Trinajstić information content (AvgIpc) is 2.91. The van der Waals surface area contributed by atoms with Gasteiger partial charge in [-0.2, -0.15) is 5.10 Å². The van der Waals surface area contributed by atoms with Crippen molar-refractivity contribution >= 4 is 0 Å². The van der Waals surface area contributed by atoms with Crippen molar-refractivity contribution in [1.29, 1.82) is 0 Å². The van der Waals surface area contributed by atoms with E-state index in [9.17, 15) is 0 Å². The highest BCUT2D eigenvalue weighted by atomic mass is 16.5. The van der Waals surface area contributed by atoms with Gasteiger partial charge in [-0.15, -0.1) is 0 Å². The third kappa shape index (κ3) is 3.48. The molecule has 2 aromatic rings. The second kappa shape index (κ2) is 6.24. The highest BCUT2D eigenvalue weighted by Gasteiger charge is 2.09. The Bertz CT molecular complexity index is 509. The van der Waals surface area contributed by atoms with E-state index in [1.165, 1.54) is 0 Å². The highest BCUT2D eigenvalue weighted by Crippen LogP contribution is 2.28. The van der Waals surface area contributed by atoms with Crippen LogP contribution in [0.4, 0.5) is 0 Å². The summed E-state index contributed by atoms with van der Waals surface area (Å²) in [4.78, 5) is 0. The second-order valence-electron chi connectivity index (χ2n) is 4.31. The number of methoxy groups -OCH3 is 1. The summed E-state index contributed by atoms with van der Waals surface area (Å²) in [6, 6.07) is 7.50. The summed E-state index contributed by atoms with van der Waals surface area (Å²) in [6.07, 6.45) is 3.65. The fraction of sp³-hybridized carbons (Fsp3) is 0.357. The van der Waals surface area contributed by atoms with Crippen molar-refractivity contribution in [2.75, 3.05) is 13.7 Å². The summed E-state index contributed by atoms with van der Waals surface area (Å²) in [5.41, 5.74) is 6.91. The van der Waals surface area contributed by atoms with Crippen molar-refractivity contribution in [3.63, 3.8) is 0 Å². The lowest BCUT2D eigenvalue weighted by molar-refractivity contribution is 0.285. The Morgan fingerprint density at radius 1 is 1.42 bits per heavy atom. The molecule has 2 N–H and O–H groups in total. The number of benzene rings is 1. The van der Waals surface area contributed by atoms with Crippen molar-refractivity contribution in [1.82, 2.24) is 9.78 Å². The van der Waals surface area contributed by atoms with Gasteiger partial charge in [0, 0.05) is 30.1 Å². The SMILES string of the molecule is COc1ccc(C(C)N)c(OCCn2cccn2)c1. The Labute approximate surface area is 112 Å². The molecule has 1 unspecified atom stereocenters. The molecule has 2 rings (SSSR count). The molecular formula is C14H19N3O2. The largest absolute Gasteiger partial charge is 0.497 e. The molecule has 1 aromatic carbocycles. The number of ether oxygens (including phenoxy) is 2. The fourth-order valence-corrected chi connectivity index (χ4v) is 1.82. The quantitative estimate of drug-likeness (QED) is 0.863. The van der Waals surface area contributed by atoms with E-state index in [1.807, 2.05) is 42.1 Å². The predicted molar refractivity (Wildman–Crippen MR) is 73.3 cm³/mol. The third-order valence-corrected chi connectivity index (χ3v) is 2.85. The zero-order valence-corrected chi connectivity index (χ0v) is 11.2. The van der Waals surface area contributed by atoms with Crippen LogP contribution < -0.4 is 15.2 Å². The molecule has 0 bridgehead atoms. The van der Waals surface area contributed by atoms with Crippen LogP contribution in [0.2, 0.25) is 0 Å². The first-order valence-corrected chi connectivity index (χ1v) is 6.24. The van der Waals surface area contributed by atoms with E-state index in [0.717, 1.165) is 17.1 Å². The average molecular weight is 261 g/mol. The molecule has 1 atom stereocenters. The standard InChI is InChI=1S/C14H19N3O2/c1-11(15)13-5-4-12(18-2)10-14(13)19-9-8-17-7-3-6-16-17/h3-7,10-11H,8-9,15H2,1-2H3. The van der Waals surface area contributed by atoms with E-state index >= 15 is 0 Å². The Kier molecular flexibility index (Phi) is 4.41. The van der Waals surface area contributed by atoms with Crippen LogP contribution in [0.3, 0.4) is 0 Å². The van der Waals surface area contributed by atoms with E-state index in [0.29, 0.717) is 13.2 Å². The van der Waals surface area contributed by atoms with Crippen LogP contribution >= 0.6 is 0 Å². The van der Waals surface area contributed by atoms with Gasteiger partial charge in [0.15, 0.2) is 0 Å². The Balaban J connectivity index is 2.04. The first-order chi connectivity index (χ1) is 9.20. The molecule has 0 saturated heterocycles. The minimum absolute atomic E-state index is 0.0781. The maximum Gasteiger partial charge on any atom is 0.127 e. The highest BCUT2D eigenvalue weighted by molar-refractivity contribution is 5.42. The summed E-state index contributed by atoms with van der Waals surface area (Å²) < 4.78 is 12.8. The Morgan fingerprint density at radius 2 is 2.26 bits per heavy atom. The number of aromatic nitrogens is 2. The van der Waals surface area contributed by atoms with Crippen molar-refractivity contribution in [3.8, 4) is 11.5 Å². The van der Waals surface area contributed by atoms with Crippen LogP contribution in [0, 0.1) is 0 Å². The van der Waals surface area contributed by atoms with E-state index < -0.39 is 0 Å². The molecule has 19 heavy (non-hydrogen) atoms. The zero-order valence-electron chi connectivity index (χ0n) is 11.2. The lowest BCUT2D eigenvalue weighted by Gasteiger charge is -2.15. The maximum atomic E-state index is 5.93. The summed E-state index contributed by atoms with van der Waals surface area (Å²) in [5, 5.41) is 4.13. The van der Waals surface area contributed by atoms with Gasteiger partial charge in [0.25, 0.3) is 0 Å². The van der Waals surface area contributed by atoms with Crippen LogP contribution in [0.5, 0.6) is 11.5 Å². The maximum absolute atomic E-state index is 5.93. The van der Waals surface area contributed by atoms with Crippen LogP contribution in [-0.4, -0.2) is 23.5 Å². The van der Waals surface area contributed by atoms with Crippen LogP contribution in [0.1, 0.15) is 18.5 Å². The number of hydrogen-bond donors (Lipinski definition) is 1. The lowest BCUT2D eigenvalue weighted by Crippen LogP contribution is -2.12. The molecular weight excluding hydrogens is 242 g/mol. The van der Waals surface area contributed by atoms with E-state index in [4.69, 9.17) is 15.2 Å². The molecule has 1 heterocycles. The summed E-state index contributed by atoms with van der Waals surface area (Å²) in [6.45, 7) is 3.17. The van der Waals surface area contributed by atoms with Gasteiger partial charge in [-0.1, -0.05) is 6.07 Å². The summed E-state index contributed by atoms with van der Waals surface area (Å²) >= 11 is 0. The van der Waals surface area contributed by atoms with Gasteiger partial charge >= 0.3 is 0 Å². The molecule has 5 heteroatoms. The first kappa shape index (κ1) is 13.4. The van der Waals surface area contributed by atoms with Crippen LogP contribution in [0.15, 0.2) is 36.7 Å². The first-order valence-electron chi connectivity index (χ1n) is 6.24. The number of nitrogens with two attached hydrogens (primary N) is 1. The van der Waals surface area contributed by atoms with Gasteiger partial charge < -0.3 is 15.2 Å². The fourth-order valence-electron chi connectivity index (χ4n) is 1.82. The monoisotopic (exact) mass is 261 g/mol. The zero-order chi connectivity index (χ0) is 13.7. The minimum Gasteiger partial charge on any atom is -0.497 e. The lowest BCUT2D eigenvalue weighted by atomic mass is 10.1. The molecule has 5 nitrogen and oxygen atoms in total. The van der Waals surface area contributed by atoms with Gasteiger partial charge in [-0.3, -0.25) is 4.68 Å². The smallest absolute Gasteiger partial charge is 0.127 e. The Morgan fingerprint density at radius 3 is 2.89 bits per heavy atom. The van der Waals surface area contributed by atoms with Gasteiger partial charge in [0.2, 0.25) is 0 Å². The second-order valence-corrected chi connectivity index (χ2v) is 4.31. The molecule has 0 saturated carbocycles. The van der Waals surface area contributed by atoms with Crippen molar-refractivity contribution in [3.05, 3.63) is 42.2 Å². The summed E-state index contributed by atoms with van der Waals surface area (Å²) in [7, 11) is 1.63.